The number of rotatable bonds is 4. The standard InChI is InChI=1S/C16H20FNO2S/c1-10(11-5-7-12(17)8-6-11)9-13-18-14(19)16(4,21-13)15(2,3)20/h5-8,10,20H,9H2,1-4H3/t10-,16+/m1/s1. The average Bonchev–Trinajstić information content (AvgIpc) is 2.66. The fraction of sp³-hybridized carbons (Fsp3) is 0.500. The van der Waals surface area contributed by atoms with Crippen LogP contribution in [-0.2, 0) is 4.79 Å². The highest BCUT2D eigenvalue weighted by Gasteiger charge is 2.51. The Balaban J connectivity index is 2.10. The van der Waals surface area contributed by atoms with Gasteiger partial charge >= 0.3 is 0 Å². The zero-order valence-electron chi connectivity index (χ0n) is 12.7. The maximum atomic E-state index is 12.9. The molecule has 0 spiro atoms. The molecule has 1 aliphatic heterocycles. The average molecular weight is 309 g/mol. The van der Waals surface area contributed by atoms with Gasteiger partial charge in [0, 0.05) is 6.42 Å². The van der Waals surface area contributed by atoms with E-state index in [9.17, 15) is 14.3 Å². The number of hydrogen-bond donors (Lipinski definition) is 1. The quantitative estimate of drug-likeness (QED) is 0.926. The van der Waals surface area contributed by atoms with Crippen LogP contribution in [0.15, 0.2) is 29.3 Å². The first-order valence-corrected chi connectivity index (χ1v) is 7.74. The summed E-state index contributed by atoms with van der Waals surface area (Å²) < 4.78 is 12.0. The smallest absolute Gasteiger partial charge is 0.265 e. The monoisotopic (exact) mass is 309 g/mol. The Morgan fingerprint density at radius 2 is 1.95 bits per heavy atom. The van der Waals surface area contributed by atoms with Crippen LogP contribution in [0.1, 0.15) is 45.6 Å². The van der Waals surface area contributed by atoms with Crippen LogP contribution in [-0.4, -0.2) is 26.4 Å². The number of nitrogens with zero attached hydrogens (tertiary/aromatic N) is 1. The van der Waals surface area contributed by atoms with Crippen LogP contribution in [0.3, 0.4) is 0 Å². The first kappa shape index (κ1) is 16.2. The van der Waals surface area contributed by atoms with Gasteiger partial charge in [0.05, 0.1) is 10.6 Å². The lowest BCUT2D eigenvalue weighted by molar-refractivity contribution is -0.124. The number of halogens is 1. The van der Waals surface area contributed by atoms with E-state index in [0.717, 1.165) is 10.6 Å². The molecule has 1 amide bonds. The zero-order valence-corrected chi connectivity index (χ0v) is 13.5. The summed E-state index contributed by atoms with van der Waals surface area (Å²) in [5.74, 6) is -0.418. The van der Waals surface area contributed by atoms with E-state index in [2.05, 4.69) is 4.99 Å². The van der Waals surface area contributed by atoms with Gasteiger partial charge in [0.1, 0.15) is 10.6 Å². The Labute approximate surface area is 128 Å². The lowest BCUT2D eigenvalue weighted by Crippen LogP contribution is -2.48. The van der Waals surface area contributed by atoms with Gasteiger partial charge in [-0.25, -0.2) is 9.38 Å². The van der Waals surface area contributed by atoms with E-state index in [1.165, 1.54) is 23.9 Å². The molecule has 0 fully saturated rings. The van der Waals surface area contributed by atoms with Crippen molar-refractivity contribution in [1.82, 2.24) is 0 Å². The van der Waals surface area contributed by atoms with Crippen molar-refractivity contribution >= 4 is 22.7 Å². The van der Waals surface area contributed by atoms with Crippen LogP contribution >= 0.6 is 11.8 Å². The summed E-state index contributed by atoms with van der Waals surface area (Å²) in [5.41, 5.74) is -0.136. The molecular weight excluding hydrogens is 289 g/mol. The normalized spacial score (nSPS) is 24.1. The van der Waals surface area contributed by atoms with Gasteiger partial charge in [-0.05, 0) is 44.4 Å². The molecule has 1 aromatic carbocycles. The summed E-state index contributed by atoms with van der Waals surface area (Å²) in [6.07, 6.45) is 0.605. The number of benzene rings is 1. The molecule has 0 unspecified atom stereocenters. The molecule has 0 bridgehead atoms. The van der Waals surface area contributed by atoms with E-state index in [1.807, 2.05) is 6.92 Å². The van der Waals surface area contributed by atoms with Gasteiger partial charge in [-0.2, -0.15) is 0 Å². The van der Waals surface area contributed by atoms with Crippen LogP contribution in [0.2, 0.25) is 0 Å². The molecular formula is C16H20FNO2S. The molecule has 1 heterocycles. The molecule has 0 aromatic heterocycles. The Morgan fingerprint density at radius 1 is 1.38 bits per heavy atom. The number of aliphatic imine (C=N–C) groups is 1. The van der Waals surface area contributed by atoms with Crippen LogP contribution in [0.25, 0.3) is 0 Å². The lowest BCUT2D eigenvalue weighted by atomic mass is 9.91. The van der Waals surface area contributed by atoms with E-state index >= 15 is 0 Å². The molecule has 0 aliphatic carbocycles. The summed E-state index contributed by atoms with van der Waals surface area (Å²) in [4.78, 5) is 16.2. The van der Waals surface area contributed by atoms with Crippen molar-refractivity contribution in [3.63, 3.8) is 0 Å². The lowest BCUT2D eigenvalue weighted by Gasteiger charge is -2.33. The Morgan fingerprint density at radius 3 is 2.43 bits per heavy atom. The van der Waals surface area contributed by atoms with Crippen molar-refractivity contribution in [2.45, 2.75) is 50.4 Å². The maximum Gasteiger partial charge on any atom is 0.265 e. The van der Waals surface area contributed by atoms with Crippen LogP contribution in [0.5, 0.6) is 0 Å². The third-order valence-corrected chi connectivity index (χ3v) is 5.62. The summed E-state index contributed by atoms with van der Waals surface area (Å²) in [7, 11) is 0. The zero-order chi connectivity index (χ0) is 15.8. The second-order valence-corrected chi connectivity index (χ2v) is 7.65. The Bertz CT molecular complexity index is 577. The summed E-state index contributed by atoms with van der Waals surface area (Å²) in [6.45, 7) is 6.99. The molecule has 21 heavy (non-hydrogen) atoms. The third-order valence-electron chi connectivity index (χ3n) is 4.04. The van der Waals surface area contributed by atoms with Crippen molar-refractivity contribution in [3.05, 3.63) is 35.6 Å². The minimum atomic E-state index is -1.14. The van der Waals surface area contributed by atoms with Crippen molar-refractivity contribution in [2.75, 3.05) is 0 Å². The summed E-state index contributed by atoms with van der Waals surface area (Å²) in [5, 5.41) is 10.9. The first-order chi connectivity index (χ1) is 9.63. The Kier molecular flexibility index (Phi) is 4.26. The number of aliphatic hydroxyl groups is 1. The number of carbonyl (C=O) groups is 1. The molecule has 1 N–H and O–H groups in total. The fourth-order valence-electron chi connectivity index (χ4n) is 2.17. The van der Waals surface area contributed by atoms with Gasteiger partial charge in [-0.15, -0.1) is 0 Å². The molecule has 1 aliphatic rings. The van der Waals surface area contributed by atoms with E-state index < -0.39 is 10.3 Å². The number of hydrogen-bond acceptors (Lipinski definition) is 3. The molecule has 5 heteroatoms. The maximum absolute atomic E-state index is 12.9. The van der Waals surface area contributed by atoms with E-state index in [-0.39, 0.29) is 17.6 Å². The molecule has 2 atom stereocenters. The minimum absolute atomic E-state index is 0.133. The first-order valence-electron chi connectivity index (χ1n) is 6.92. The van der Waals surface area contributed by atoms with Crippen molar-refractivity contribution in [1.29, 1.82) is 0 Å². The molecule has 3 nitrogen and oxygen atoms in total. The highest BCUT2D eigenvalue weighted by Crippen LogP contribution is 2.44. The van der Waals surface area contributed by atoms with Crippen LogP contribution in [0.4, 0.5) is 4.39 Å². The second kappa shape index (κ2) is 5.54. The predicted octanol–water partition coefficient (Wildman–Crippen LogP) is 3.52. The molecule has 0 saturated heterocycles. The summed E-state index contributed by atoms with van der Waals surface area (Å²) >= 11 is 1.33. The Hall–Kier alpha value is -1.20. The van der Waals surface area contributed by atoms with E-state index in [0.29, 0.717) is 6.42 Å². The largest absolute Gasteiger partial charge is 0.388 e. The predicted molar refractivity (Wildman–Crippen MR) is 84.2 cm³/mol. The number of amides is 1. The SMILES string of the molecule is C[C@H](CC1=NC(=O)[C@@](C)(C(C)(C)O)S1)c1ccc(F)cc1. The molecule has 2 rings (SSSR count). The van der Waals surface area contributed by atoms with Crippen molar-refractivity contribution < 1.29 is 14.3 Å². The van der Waals surface area contributed by atoms with E-state index in [1.54, 1.807) is 32.9 Å². The number of thioether (sulfide) groups is 1. The van der Waals surface area contributed by atoms with Crippen LogP contribution < -0.4 is 0 Å². The van der Waals surface area contributed by atoms with E-state index in [4.69, 9.17) is 0 Å². The third kappa shape index (κ3) is 3.19. The highest BCUT2D eigenvalue weighted by atomic mass is 32.2. The van der Waals surface area contributed by atoms with Crippen LogP contribution in [0, 0.1) is 5.82 Å². The second-order valence-electron chi connectivity index (χ2n) is 6.16. The molecule has 114 valence electrons. The van der Waals surface area contributed by atoms with Gasteiger partial charge < -0.3 is 5.11 Å². The number of carbonyl (C=O) groups excluding carboxylic acids is 1. The van der Waals surface area contributed by atoms with Gasteiger partial charge in [-0.3, -0.25) is 4.79 Å². The van der Waals surface area contributed by atoms with Gasteiger partial charge in [0.15, 0.2) is 0 Å². The molecule has 0 radical (unpaired) electrons. The minimum Gasteiger partial charge on any atom is -0.388 e. The molecule has 1 aromatic rings. The van der Waals surface area contributed by atoms with Crippen molar-refractivity contribution in [2.24, 2.45) is 4.99 Å². The molecule has 0 saturated carbocycles. The van der Waals surface area contributed by atoms with Gasteiger partial charge in [-0.1, -0.05) is 30.8 Å². The summed E-state index contributed by atoms with van der Waals surface area (Å²) in [6, 6.07) is 6.36. The van der Waals surface area contributed by atoms with Gasteiger partial charge in [0.2, 0.25) is 0 Å². The highest BCUT2D eigenvalue weighted by molar-refractivity contribution is 8.16. The van der Waals surface area contributed by atoms with Gasteiger partial charge in [0.25, 0.3) is 5.91 Å². The van der Waals surface area contributed by atoms with Crippen molar-refractivity contribution in [3.8, 4) is 0 Å². The fourth-order valence-corrected chi connectivity index (χ4v) is 3.48. The topological polar surface area (TPSA) is 49.7 Å².